The van der Waals surface area contributed by atoms with Crippen LogP contribution in [0.25, 0.3) is 16.5 Å². The molecule has 0 bridgehead atoms. The quantitative estimate of drug-likeness (QED) is 0.269. The van der Waals surface area contributed by atoms with Crippen molar-refractivity contribution in [2.24, 2.45) is 0 Å². The van der Waals surface area contributed by atoms with Crippen LogP contribution in [0.3, 0.4) is 0 Å². The second kappa shape index (κ2) is 9.21. The standard InChI is InChI=1S/C24H29N7O/c1-24(9-4-3-5-10-24)31-22-21-17(8-11-27-22)15-28-23(30-21)29-19-7-6-16(12-20(19)32)18(13-25)14-26-2/h6-8,11-15,25-26,32H,3-5,9-10H2,1-2H3,(H,27,31)(H,28,29,30)/b18-14+,25-13?. The number of aromatic hydroxyl groups is 1. The fraction of sp³-hybridized carbons (Fsp3) is 0.333. The van der Waals surface area contributed by atoms with E-state index in [4.69, 9.17) is 10.4 Å². The lowest BCUT2D eigenvalue weighted by Crippen LogP contribution is -2.37. The molecule has 5 N–H and O–H groups in total. The molecule has 1 saturated carbocycles. The van der Waals surface area contributed by atoms with Crippen molar-refractivity contribution < 1.29 is 5.11 Å². The average molecular weight is 432 g/mol. The van der Waals surface area contributed by atoms with E-state index in [0.717, 1.165) is 35.1 Å². The Morgan fingerprint density at radius 1 is 1.16 bits per heavy atom. The summed E-state index contributed by atoms with van der Waals surface area (Å²) in [5.41, 5.74) is 2.64. The zero-order valence-corrected chi connectivity index (χ0v) is 18.4. The van der Waals surface area contributed by atoms with Crippen LogP contribution in [-0.4, -0.2) is 38.9 Å². The Hall–Kier alpha value is -3.68. The number of aromatic nitrogens is 3. The van der Waals surface area contributed by atoms with Crippen molar-refractivity contribution in [3.05, 3.63) is 48.4 Å². The van der Waals surface area contributed by atoms with E-state index in [2.05, 4.69) is 32.8 Å². The maximum Gasteiger partial charge on any atom is 0.227 e. The topological polar surface area (TPSA) is 119 Å². The molecule has 32 heavy (non-hydrogen) atoms. The van der Waals surface area contributed by atoms with Gasteiger partial charge < -0.3 is 26.5 Å². The highest BCUT2D eigenvalue weighted by Gasteiger charge is 2.27. The van der Waals surface area contributed by atoms with E-state index >= 15 is 0 Å². The van der Waals surface area contributed by atoms with Crippen LogP contribution in [0, 0.1) is 5.41 Å². The summed E-state index contributed by atoms with van der Waals surface area (Å²) in [5.74, 6) is 1.18. The van der Waals surface area contributed by atoms with Gasteiger partial charge in [-0.1, -0.05) is 25.3 Å². The lowest BCUT2D eigenvalue weighted by molar-refractivity contribution is 0.349. The van der Waals surface area contributed by atoms with Crippen LogP contribution in [0.4, 0.5) is 17.5 Å². The van der Waals surface area contributed by atoms with Crippen molar-refractivity contribution in [2.75, 3.05) is 17.7 Å². The first-order valence-corrected chi connectivity index (χ1v) is 10.9. The molecule has 0 radical (unpaired) electrons. The molecular weight excluding hydrogens is 402 g/mol. The molecule has 1 fully saturated rings. The molecule has 1 aromatic carbocycles. The Labute approximate surface area is 187 Å². The minimum absolute atomic E-state index is 0.0135. The zero-order valence-electron chi connectivity index (χ0n) is 18.4. The molecule has 0 atom stereocenters. The van der Waals surface area contributed by atoms with E-state index in [9.17, 15) is 5.11 Å². The first-order valence-electron chi connectivity index (χ1n) is 10.9. The minimum Gasteiger partial charge on any atom is -0.506 e. The van der Waals surface area contributed by atoms with Crippen LogP contribution in [0.1, 0.15) is 44.6 Å². The molecule has 3 aromatic rings. The molecule has 166 valence electrons. The lowest BCUT2D eigenvalue weighted by atomic mass is 9.83. The van der Waals surface area contributed by atoms with Crippen LogP contribution in [0.5, 0.6) is 5.75 Å². The summed E-state index contributed by atoms with van der Waals surface area (Å²) < 4.78 is 0. The Morgan fingerprint density at radius 2 is 1.97 bits per heavy atom. The average Bonchev–Trinajstić information content (AvgIpc) is 2.79. The smallest absolute Gasteiger partial charge is 0.227 e. The van der Waals surface area contributed by atoms with Gasteiger partial charge in [-0.2, -0.15) is 0 Å². The molecule has 0 saturated heterocycles. The lowest BCUT2D eigenvalue weighted by Gasteiger charge is -2.35. The molecule has 1 aliphatic rings. The first kappa shape index (κ1) is 21.5. The summed E-state index contributed by atoms with van der Waals surface area (Å²) in [6.45, 7) is 2.25. The molecule has 2 heterocycles. The fourth-order valence-corrected chi connectivity index (χ4v) is 4.15. The highest BCUT2D eigenvalue weighted by atomic mass is 16.3. The first-order chi connectivity index (χ1) is 15.5. The molecule has 0 unspecified atom stereocenters. The normalized spacial score (nSPS) is 15.9. The number of allylic oxidation sites excluding steroid dienone is 1. The van der Waals surface area contributed by atoms with Crippen LogP contribution in [0.15, 0.2) is 42.9 Å². The van der Waals surface area contributed by atoms with Gasteiger partial charge in [0, 0.05) is 48.4 Å². The predicted molar refractivity (Wildman–Crippen MR) is 130 cm³/mol. The number of hydrogen-bond acceptors (Lipinski definition) is 8. The van der Waals surface area contributed by atoms with E-state index in [1.165, 1.54) is 25.5 Å². The van der Waals surface area contributed by atoms with Gasteiger partial charge in [0.15, 0.2) is 5.82 Å². The van der Waals surface area contributed by atoms with Crippen molar-refractivity contribution in [3.8, 4) is 5.75 Å². The van der Waals surface area contributed by atoms with E-state index in [0.29, 0.717) is 17.2 Å². The number of benzene rings is 1. The van der Waals surface area contributed by atoms with E-state index in [-0.39, 0.29) is 11.3 Å². The zero-order chi connectivity index (χ0) is 22.6. The number of rotatable bonds is 7. The molecule has 4 rings (SSSR count). The van der Waals surface area contributed by atoms with Gasteiger partial charge in [-0.25, -0.2) is 15.0 Å². The molecule has 0 amide bonds. The summed E-state index contributed by atoms with van der Waals surface area (Å²) >= 11 is 0. The molecule has 8 nitrogen and oxygen atoms in total. The minimum atomic E-state index is 0.0135. The number of nitrogens with one attached hydrogen (secondary N) is 4. The molecule has 0 aliphatic heterocycles. The number of phenolic OH excluding ortho intramolecular Hbond substituents is 1. The maximum atomic E-state index is 10.5. The predicted octanol–water partition coefficient (Wildman–Crippen LogP) is 4.82. The summed E-state index contributed by atoms with van der Waals surface area (Å²) in [4.78, 5) is 13.7. The second-order valence-corrected chi connectivity index (χ2v) is 8.43. The molecule has 8 heteroatoms. The monoisotopic (exact) mass is 431 g/mol. The third-order valence-electron chi connectivity index (χ3n) is 5.91. The van der Waals surface area contributed by atoms with Crippen molar-refractivity contribution in [3.63, 3.8) is 0 Å². The molecule has 1 aliphatic carbocycles. The summed E-state index contributed by atoms with van der Waals surface area (Å²) in [6, 6.07) is 7.08. The number of anilines is 3. The molecule has 2 aromatic heterocycles. The van der Waals surface area contributed by atoms with Crippen molar-refractivity contribution >= 4 is 40.1 Å². The Morgan fingerprint density at radius 3 is 2.69 bits per heavy atom. The maximum absolute atomic E-state index is 10.5. The van der Waals surface area contributed by atoms with Gasteiger partial charge in [0.1, 0.15) is 11.3 Å². The van der Waals surface area contributed by atoms with Gasteiger partial charge in [0.25, 0.3) is 0 Å². The number of hydrogen-bond donors (Lipinski definition) is 5. The van der Waals surface area contributed by atoms with Crippen LogP contribution in [0.2, 0.25) is 0 Å². The highest BCUT2D eigenvalue weighted by Crippen LogP contribution is 2.33. The SMILES string of the molecule is CN/C=C(\C=N)c1ccc(Nc2ncc3ccnc(NC4(C)CCCCC4)c3n2)c(O)c1. The van der Waals surface area contributed by atoms with Crippen molar-refractivity contribution in [1.82, 2.24) is 20.3 Å². The Kier molecular flexibility index (Phi) is 6.20. The van der Waals surface area contributed by atoms with Crippen LogP contribution in [-0.2, 0) is 0 Å². The number of phenols is 1. The van der Waals surface area contributed by atoms with Crippen LogP contribution >= 0.6 is 0 Å². The van der Waals surface area contributed by atoms with Gasteiger partial charge in [0.05, 0.1) is 5.69 Å². The molecule has 0 spiro atoms. The highest BCUT2D eigenvalue weighted by molar-refractivity contribution is 6.08. The van der Waals surface area contributed by atoms with Gasteiger partial charge in [-0.15, -0.1) is 0 Å². The summed E-state index contributed by atoms with van der Waals surface area (Å²) in [5, 5.41) is 28.6. The van der Waals surface area contributed by atoms with E-state index < -0.39 is 0 Å². The molecular formula is C24H29N7O. The van der Waals surface area contributed by atoms with Crippen LogP contribution < -0.4 is 16.0 Å². The van der Waals surface area contributed by atoms with E-state index in [1.54, 1.807) is 37.8 Å². The Balaban J connectivity index is 1.61. The number of nitrogens with zero attached hydrogens (tertiary/aromatic N) is 3. The van der Waals surface area contributed by atoms with Crippen molar-refractivity contribution in [1.29, 1.82) is 5.41 Å². The Bertz CT molecular complexity index is 1150. The van der Waals surface area contributed by atoms with Gasteiger partial charge in [-0.05, 0) is 43.5 Å². The largest absolute Gasteiger partial charge is 0.506 e. The number of fused-ring (bicyclic) bond motifs is 1. The van der Waals surface area contributed by atoms with E-state index in [1.807, 2.05) is 12.1 Å². The summed E-state index contributed by atoms with van der Waals surface area (Å²) in [7, 11) is 1.77. The third kappa shape index (κ3) is 4.64. The third-order valence-corrected chi connectivity index (χ3v) is 5.91. The van der Waals surface area contributed by atoms with Gasteiger partial charge in [0.2, 0.25) is 5.95 Å². The number of pyridine rings is 1. The fourth-order valence-electron chi connectivity index (χ4n) is 4.15. The van der Waals surface area contributed by atoms with Gasteiger partial charge >= 0.3 is 0 Å². The van der Waals surface area contributed by atoms with Gasteiger partial charge in [-0.3, -0.25) is 0 Å². The second-order valence-electron chi connectivity index (χ2n) is 8.43. The summed E-state index contributed by atoms with van der Waals surface area (Å²) in [6.07, 6.45) is 12.4. The van der Waals surface area contributed by atoms with Crippen molar-refractivity contribution in [2.45, 2.75) is 44.6 Å².